The van der Waals surface area contributed by atoms with Crippen molar-refractivity contribution < 1.29 is 4.79 Å². The lowest BCUT2D eigenvalue weighted by atomic mass is 9.94. The van der Waals surface area contributed by atoms with Gasteiger partial charge in [0, 0.05) is 17.5 Å². The molecule has 5 heteroatoms. The van der Waals surface area contributed by atoms with Crippen molar-refractivity contribution in [1.82, 2.24) is 4.98 Å². The van der Waals surface area contributed by atoms with Crippen LogP contribution in [0, 0.1) is 12.8 Å². The Morgan fingerprint density at radius 2 is 2.28 bits per heavy atom. The summed E-state index contributed by atoms with van der Waals surface area (Å²) in [6.07, 6.45) is 6.56. The maximum atomic E-state index is 11.8. The van der Waals surface area contributed by atoms with Crippen LogP contribution in [-0.4, -0.2) is 17.4 Å². The van der Waals surface area contributed by atoms with Gasteiger partial charge in [0.25, 0.3) is 0 Å². The van der Waals surface area contributed by atoms with Gasteiger partial charge in [0.15, 0.2) is 5.13 Å². The van der Waals surface area contributed by atoms with Crippen LogP contribution in [0.5, 0.6) is 0 Å². The van der Waals surface area contributed by atoms with Crippen LogP contribution in [0.3, 0.4) is 0 Å². The molecule has 1 unspecified atom stereocenters. The van der Waals surface area contributed by atoms with Gasteiger partial charge < -0.3 is 11.1 Å². The van der Waals surface area contributed by atoms with Crippen LogP contribution < -0.4 is 11.1 Å². The quantitative estimate of drug-likeness (QED) is 0.762. The second-order valence-corrected chi connectivity index (χ2v) is 5.83. The number of hydrogen-bond donors (Lipinski definition) is 2. The molecule has 0 radical (unpaired) electrons. The molecule has 0 aliphatic rings. The molecular formula is C13H23N3OS. The minimum atomic E-state index is 0.0578. The molecule has 0 saturated heterocycles. The van der Waals surface area contributed by atoms with Crippen molar-refractivity contribution in [3.63, 3.8) is 0 Å². The first-order valence-electron chi connectivity index (χ1n) is 6.58. The number of carbonyl (C=O) groups excluding carboxylic acids is 1. The summed E-state index contributed by atoms with van der Waals surface area (Å²) >= 11 is 1.51. The van der Waals surface area contributed by atoms with Gasteiger partial charge in [-0.25, -0.2) is 4.98 Å². The van der Waals surface area contributed by atoms with Crippen LogP contribution in [0.4, 0.5) is 5.13 Å². The third-order valence-electron chi connectivity index (χ3n) is 2.92. The number of hydrogen-bond acceptors (Lipinski definition) is 4. The minimum absolute atomic E-state index is 0.0578. The van der Waals surface area contributed by atoms with E-state index in [0.717, 1.165) is 30.6 Å². The van der Waals surface area contributed by atoms with E-state index in [1.165, 1.54) is 11.3 Å². The topological polar surface area (TPSA) is 68.0 Å². The number of nitrogens with one attached hydrogen (secondary N) is 1. The molecule has 0 fully saturated rings. The summed E-state index contributed by atoms with van der Waals surface area (Å²) in [7, 11) is 0. The largest absolute Gasteiger partial charge is 0.330 e. The van der Waals surface area contributed by atoms with E-state index >= 15 is 0 Å². The fraction of sp³-hybridized carbons (Fsp3) is 0.692. The molecule has 1 heterocycles. The van der Waals surface area contributed by atoms with E-state index in [4.69, 9.17) is 5.73 Å². The van der Waals surface area contributed by atoms with Crippen LogP contribution in [0.2, 0.25) is 0 Å². The average Bonchev–Trinajstić information content (AvgIpc) is 2.72. The number of thiazole rings is 1. The highest BCUT2D eigenvalue weighted by Gasteiger charge is 2.11. The van der Waals surface area contributed by atoms with E-state index in [1.807, 2.05) is 6.92 Å². The van der Waals surface area contributed by atoms with Crippen molar-refractivity contribution in [3.05, 3.63) is 11.1 Å². The summed E-state index contributed by atoms with van der Waals surface area (Å²) in [5.74, 6) is 0.631. The number of rotatable bonds is 8. The summed E-state index contributed by atoms with van der Waals surface area (Å²) in [6.45, 7) is 4.85. The molecular weight excluding hydrogens is 246 g/mol. The standard InChI is InChI=1S/C13H23N3OS/c1-3-4-11(7-8-14)5-6-12(17)16-13-15-9-10(2)18-13/h9,11H,3-8,14H2,1-2H3,(H,15,16,17). The van der Waals surface area contributed by atoms with Gasteiger partial charge >= 0.3 is 0 Å². The lowest BCUT2D eigenvalue weighted by molar-refractivity contribution is -0.116. The fourth-order valence-electron chi connectivity index (χ4n) is 2.01. The van der Waals surface area contributed by atoms with Crippen molar-refractivity contribution in [2.45, 2.75) is 46.0 Å². The summed E-state index contributed by atoms with van der Waals surface area (Å²) < 4.78 is 0. The zero-order valence-corrected chi connectivity index (χ0v) is 12.1. The third kappa shape index (κ3) is 5.60. The van der Waals surface area contributed by atoms with E-state index in [2.05, 4.69) is 17.2 Å². The van der Waals surface area contributed by atoms with Gasteiger partial charge in [-0.05, 0) is 32.2 Å². The molecule has 1 rings (SSSR count). The molecule has 1 aromatic heterocycles. The van der Waals surface area contributed by atoms with Crippen molar-refractivity contribution in [3.8, 4) is 0 Å². The van der Waals surface area contributed by atoms with Crippen molar-refractivity contribution in [2.24, 2.45) is 11.7 Å². The highest BCUT2D eigenvalue weighted by atomic mass is 32.1. The fourth-order valence-corrected chi connectivity index (χ4v) is 2.69. The van der Waals surface area contributed by atoms with Gasteiger partial charge in [0.1, 0.15) is 0 Å². The summed E-state index contributed by atoms with van der Waals surface area (Å²) in [4.78, 5) is 17.0. The number of aromatic nitrogens is 1. The van der Waals surface area contributed by atoms with E-state index in [9.17, 15) is 4.79 Å². The van der Waals surface area contributed by atoms with Gasteiger partial charge in [0.05, 0.1) is 0 Å². The lowest BCUT2D eigenvalue weighted by Crippen LogP contribution is -2.15. The van der Waals surface area contributed by atoms with Crippen LogP contribution in [0.1, 0.15) is 43.9 Å². The van der Waals surface area contributed by atoms with Crippen LogP contribution >= 0.6 is 11.3 Å². The molecule has 0 spiro atoms. The van der Waals surface area contributed by atoms with Gasteiger partial charge in [-0.1, -0.05) is 19.8 Å². The lowest BCUT2D eigenvalue weighted by Gasteiger charge is -2.14. The molecule has 18 heavy (non-hydrogen) atoms. The first-order chi connectivity index (χ1) is 8.65. The Morgan fingerprint density at radius 3 is 2.83 bits per heavy atom. The van der Waals surface area contributed by atoms with Crippen LogP contribution in [0.25, 0.3) is 0 Å². The number of amides is 1. The van der Waals surface area contributed by atoms with Crippen LogP contribution in [-0.2, 0) is 4.79 Å². The molecule has 3 N–H and O–H groups in total. The van der Waals surface area contributed by atoms with Gasteiger partial charge in [-0.3, -0.25) is 4.79 Å². The number of aryl methyl sites for hydroxylation is 1. The zero-order chi connectivity index (χ0) is 13.4. The molecule has 1 aromatic rings. The Balaban J connectivity index is 2.30. The monoisotopic (exact) mass is 269 g/mol. The SMILES string of the molecule is CCCC(CCN)CCC(=O)Nc1ncc(C)s1. The summed E-state index contributed by atoms with van der Waals surface area (Å²) in [5, 5.41) is 3.54. The number of carbonyl (C=O) groups is 1. The van der Waals surface area contributed by atoms with Crippen molar-refractivity contribution >= 4 is 22.4 Å². The van der Waals surface area contributed by atoms with E-state index in [-0.39, 0.29) is 5.91 Å². The highest BCUT2D eigenvalue weighted by Crippen LogP contribution is 2.19. The second kappa shape index (κ2) is 8.21. The Labute approximate surface area is 113 Å². The van der Waals surface area contributed by atoms with E-state index in [0.29, 0.717) is 24.0 Å². The van der Waals surface area contributed by atoms with Crippen molar-refractivity contribution in [2.75, 3.05) is 11.9 Å². The zero-order valence-electron chi connectivity index (χ0n) is 11.2. The highest BCUT2D eigenvalue weighted by molar-refractivity contribution is 7.15. The Bertz CT molecular complexity index is 359. The average molecular weight is 269 g/mol. The van der Waals surface area contributed by atoms with E-state index in [1.54, 1.807) is 6.20 Å². The molecule has 0 saturated carbocycles. The van der Waals surface area contributed by atoms with Gasteiger partial charge in [-0.2, -0.15) is 0 Å². The molecule has 102 valence electrons. The minimum Gasteiger partial charge on any atom is -0.330 e. The maximum absolute atomic E-state index is 11.8. The molecule has 4 nitrogen and oxygen atoms in total. The predicted molar refractivity (Wildman–Crippen MR) is 76.8 cm³/mol. The predicted octanol–water partition coefficient (Wildman–Crippen LogP) is 2.94. The van der Waals surface area contributed by atoms with E-state index < -0.39 is 0 Å². The van der Waals surface area contributed by atoms with Crippen molar-refractivity contribution in [1.29, 1.82) is 0 Å². The Morgan fingerprint density at radius 1 is 1.50 bits per heavy atom. The van der Waals surface area contributed by atoms with Gasteiger partial charge in [-0.15, -0.1) is 11.3 Å². The molecule has 0 aliphatic carbocycles. The third-order valence-corrected chi connectivity index (χ3v) is 3.75. The molecule has 0 aromatic carbocycles. The normalized spacial score (nSPS) is 12.4. The smallest absolute Gasteiger partial charge is 0.226 e. The number of anilines is 1. The molecule has 0 bridgehead atoms. The summed E-state index contributed by atoms with van der Waals surface area (Å²) in [6, 6.07) is 0. The van der Waals surface area contributed by atoms with Gasteiger partial charge in [0.2, 0.25) is 5.91 Å². The van der Waals surface area contributed by atoms with Crippen LogP contribution in [0.15, 0.2) is 6.20 Å². The molecule has 1 amide bonds. The number of nitrogens with zero attached hydrogens (tertiary/aromatic N) is 1. The Hall–Kier alpha value is -0.940. The molecule has 1 atom stereocenters. The second-order valence-electron chi connectivity index (χ2n) is 4.59. The number of nitrogens with two attached hydrogens (primary N) is 1. The first kappa shape index (κ1) is 15.1. The Kier molecular flexibility index (Phi) is 6.90. The summed E-state index contributed by atoms with van der Waals surface area (Å²) in [5.41, 5.74) is 5.58. The molecule has 0 aliphatic heterocycles. The maximum Gasteiger partial charge on any atom is 0.226 e. The first-order valence-corrected chi connectivity index (χ1v) is 7.39.